The van der Waals surface area contributed by atoms with Gasteiger partial charge in [-0.25, -0.2) is 9.20 Å². The quantitative estimate of drug-likeness (QED) is 0.533. The first-order valence-corrected chi connectivity index (χ1v) is 4.22. The Kier molecular flexibility index (Phi) is 1.28. The molecule has 0 aliphatic heterocycles. The zero-order valence-corrected chi connectivity index (χ0v) is 7.18. The van der Waals surface area contributed by atoms with Crippen molar-refractivity contribution >= 4 is 16.4 Å². The van der Waals surface area contributed by atoms with Gasteiger partial charge in [0.25, 0.3) is 0 Å². The van der Waals surface area contributed by atoms with Crippen molar-refractivity contribution < 1.29 is 4.52 Å². The van der Waals surface area contributed by atoms with E-state index in [1.807, 2.05) is 30.3 Å². The first-order valence-electron chi connectivity index (χ1n) is 4.22. The van der Waals surface area contributed by atoms with Crippen LogP contribution in [0.3, 0.4) is 0 Å². The van der Waals surface area contributed by atoms with E-state index in [0.717, 1.165) is 10.8 Å². The third kappa shape index (κ3) is 0.821. The highest BCUT2D eigenvalue weighted by Gasteiger charge is 2.05. The Bertz CT molecular complexity index is 666. The van der Waals surface area contributed by atoms with Crippen molar-refractivity contribution in [1.29, 1.82) is 0 Å². The van der Waals surface area contributed by atoms with Gasteiger partial charge in [-0.15, -0.1) is 0 Å². The molecule has 0 aliphatic carbocycles. The van der Waals surface area contributed by atoms with Crippen LogP contribution in [0.5, 0.6) is 0 Å². The molecular formula is C10H6N2O2. The number of rotatable bonds is 0. The van der Waals surface area contributed by atoms with Gasteiger partial charge in [0.2, 0.25) is 0 Å². The zero-order chi connectivity index (χ0) is 9.54. The number of benzene rings is 1. The van der Waals surface area contributed by atoms with Crippen LogP contribution in [0.25, 0.3) is 16.4 Å². The molecule has 4 heteroatoms. The maximum absolute atomic E-state index is 11.2. The highest BCUT2D eigenvalue weighted by atomic mass is 16.5. The van der Waals surface area contributed by atoms with Gasteiger partial charge in [0.1, 0.15) is 0 Å². The van der Waals surface area contributed by atoms with E-state index in [4.69, 9.17) is 0 Å². The predicted octanol–water partition coefficient (Wildman–Crippen LogP) is 1.44. The molecule has 3 rings (SSSR count). The lowest BCUT2D eigenvalue weighted by Gasteiger charge is -1.96. The molecule has 4 nitrogen and oxygen atoms in total. The van der Waals surface area contributed by atoms with E-state index < -0.39 is 5.76 Å². The summed E-state index contributed by atoms with van der Waals surface area (Å²) in [5.74, 6) is -0.453. The van der Waals surface area contributed by atoms with E-state index >= 15 is 0 Å². The molecular weight excluding hydrogens is 180 g/mol. The highest BCUT2D eigenvalue weighted by molar-refractivity contribution is 5.93. The van der Waals surface area contributed by atoms with E-state index in [0.29, 0.717) is 5.65 Å². The van der Waals surface area contributed by atoms with Gasteiger partial charge in [-0.05, 0) is 11.5 Å². The summed E-state index contributed by atoms with van der Waals surface area (Å²) in [6.45, 7) is 0. The molecule has 0 saturated heterocycles. The van der Waals surface area contributed by atoms with Crippen molar-refractivity contribution in [3.8, 4) is 0 Å². The summed E-state index contributed by atoms with van der Waals surface area (Å²) in [4.78, 5) is 11.2. The lowest BCUT2D eigenvalue weighted by Crippen LogP contribution is -2.04. The van der Waals surface area contributed by atoms with E-state index in [1.54, 1.807) is 6.20 Å². The van der Waals surface area contributed by atoms with Crippen molar-refractivity contribution in [2.24, 2.45) is 0 Å². The SMILES string of the molecule is O=c1onc2c3ccccc3ccn12. The molecule has 0 fully saturated rings. The smallest absolute Gasteiger partial charge is 0.295 e. The van der Waals surface area contributed by atoms with Gasteiger partial charge < -0.3 is 0 Å². The van der Waals surface area contributed by atoms with E-state index in [2.05, 4.69) is 9.68 Å². The fourth-order valence-corrected chi connectivity index (χ4v) is 1.57. The number of nitrogens with zero attached hydrogens (tertiary/aromatic N) is 2. The molecule has 14 heavy (non-hydrogen) atoms. The average Bonchev–Trinajstić information content (AvgIpc) is 2.61. The van der Waals surface area contributed by atoms with E-state index in [1.165, 1.54) is 4.40 Å². The first kappa shape index (κ1) is 7.32. The predicted molar refractivity (Wildman–Crippen MR) is 51.2 cm³/mol. The van der Waals surface area contributed by atoms with Crippen molar-refractivity contribution in [1.82, 2.24) is 9.56 Å². The number of aromatic nitrogens is 2. The van der Waals surface area contributed by atoms with Gasteiger partial charge in [-0.1, -0.05) is 29.4 Å². The van der Waals surface area contributed by atoms with Crippen LogP contribution in [0.2, 0.25) is 0 Å². The van der Waals surface area contributed by atoms with Crippen LogP contribution in [0.1, 0.15) is 0 Å². The van der Waals surface area contributed by atoms with Crippen LogP contribution in [0.4, 0.5) is 0 Å². The van der Waals surface area contributed by atoms with Gasteiger partial charge in [0.15, 0.2) is 5.65 Å². The Hall–Kier alpha value is -2.10. The third-order valence-corrected chi connectivity index (χ3v) is 2.24. The van der Waals surface area contributed by atoms with Crippen LogP contribution in [-0.4, -0.2) is 9.56 Å². The molecule has 0 unspecified atom stereocenters. The summed E-state index contributed by atoms with van der Waals surface area (Å²) < 4.78 is 5.97. The second kappa shape index (κ2) is 2.45. The Balaban J connectivity index is 2.68. The largest absolute Gasteiger partial charge is 0.446 e. The molecule has 0 bridgehead atoms. The molecule has 0 amide bonds. The topological polar surface area (TPSA) is 47.5 Å². The van der Waals surface area contributed by atoms with Crippen LogP contribution in [-0.2, 0) is 0 Å². The minimum absolute atomic E-state index is 0.453. The molecule has 0 saturated carbocycles. The maximum Gasteiger partial charge on any atom is 0.446 e. The highest BCUT2D eigenvalue weighted by Crippen LogP contribution is 2.16. The Morgan fingerprint density at radius 1 is 1.21 bits per heavy atom. The van der Waals surface area contributed by atoms with Crippen molar-refractivity contribution in [3.05, 3.63) is 47.1 Å². The average molecular weight is 186 g/mol. The van der Waals surface area contributed by atoms with Crippen LogP contribution in [0.15, 0.2) is 45.8 Å². The van der Waals surface area contributed by atoms with Gasteiger partial charge in [0.05, 0.1) is 0 Å². The monoisotopic (exact) mass is 186 g/mol. The van der Waals surface area contributed by atoms with Gasteiger partial charge in [0, 0.05) is 11.6 Å². The second-order valence-electron chi connectivity index (χ2n) is 3.05. The first-order chi connectivity index (χ1) is 6.86. The van der Waals surface area contributed by atoms with Crippen molar-refractivity contribution in [3.63, 3.8) is 0 Å². The summed E-state index contributed by atoms with van der Waals surface area (Å²) in [6.07, 6.45) is 1.66. The fourth-order valence-electron chi connectivity index (χ4n) is 1.57. The van der Waals surface area contributed by atoms with Gasteiger partial charge >= 0.3 is 5.76 Å². The Labute approximate surface area is 78.4 Å². The molecule has 3 aromatic rings. The summed E-state index contributed by atoms with van der Waals surface area (Å²) in [7, 11) is 0. The van der Waals surface area contributed by atoms with Gasteiger partial charge in [-0.3, -0.25) is 4.52 Å². The molecule has 2 aromatic heterocycles. The zero-order valence-electron chi connectivity index (χ0n) is 7.18. The molecule has 0 aliphatic rings. The van der Waals surface area contributed by atoms with Crippen molar-refractivity contribution in [2.75, 3.05) is 0 Å². The summed E-state index contributed by atoms with van der Waals surface area (Å²) >= 11 is 0. The summed E-state index contributed by atoms with van der Waals surface area (Å²) in [5, 5.41) is 5.68. The van der Waals surface area contributed by atoms with E-state index in [9.17, 15) is 4.79 Å². The normalized spacial score (nSPS) is 11.1. The minimum Gasteiger partial charge on any atom is -0.295 e. The molecule has 0 atom stereocenters. The molecule has 1 aromatic carbocycles. The minimum atomic E-state index is -0.453. The van der Waals surface area contributed by atoms with Crippen LogP contribution >= 0.6 is 0 Å². The lowest BCUT2D eigenvalue weighted by molar-refractivity contribution is 0.387. The molecule has 0 radical (unpaired) electrons. The number of hydrogen-bond donors (Lipinski definition) is 0. The van der Waals surface area contributed by atoms with Crippen molar-refractivity contribution in [2.45, 2.75) is 0 Å². The number of pyridine rings is 1. The Morgan fingerprint density at radius 2 is 2.07 bits per heavy atom. The van der Waals surface area contributed by atoms with Crippen LogP contribution < -0.4 is 5.76 Å². The fraction of sp³-hybridized carbons (Fsp3) is 0. The lowest BCUT2D eigenvalue weighted by atomic mass is 10.2. The molecule has 0 N–H and O–H groups in total. The summed E-state index contributed by atoms with van der Waals surface area (Å²) in [6, 6.07) is 9.58. The maximum atomic E-state index is 11.2. The molecule has 2 heterocycles. The Morgan fingerprint density at radius 3 is 3.00 bits per heavy atom. The standard InChI is InChI=1S/C10H6N2O2/c13-10-12-6-5-7-3-1-2-4-8(7)9(12)11-14-10/h1-6H. The van der Waals surface area contributed by atoms with Gasteiger partial charge in [-0.2, -0.15) is 0 Å². The van der Waals surface area contributed by atoms with E-state index in [-0.39, 0.29) is 0 Å². The number of hydrogen-bond acceptors (Lipinski definition) is 3. The molecule has 68 valence electrons. The summed E-state index contributed by atoms with van der Waals surface area (Å²) in [5.41, 5.74) is 0.563. The molecule has 0 spiro atoms. The number of fused-ring (bicyclic) bond motifs is 3. The third-order valence-electron chi connectivity index (χ3n) is 2.24. The second-order valence-corrected chi connectivity index (χ2v) is 3.05. The van der Waals surface area contributed by atoms with Crippen LogP contribution in [0, 0.1) is 0 Å².